The lowest BCUT2D eigenvalue weighted by molar-refractivity contribution is 0.754. The van der Waals surface area contributed by atoms with Crippen LogP contribution in [0.3, 0.4) is 0 Å². The molecule has 0 atom stereocenters. The fraction of sp³-hybridized carbons (Fsp3) is 0.438. The van der Waals surface area contributed by atoms with Crippen LogP contribution in [0.15, 0.2) is 28.3 Å². The zero-order valence-corrected chi connectivity index (χ0v) is 14.1. The largest absolute Gasteiger partial charge is 0.370 e. The molecule has 5 heteroatoms. The van der Waals surface area contributed by atoms with Gasteiger partial charge in [-0.2, -0.15) is 0 Å². The number of rotatable bonds is 5. The maximum Gasteiger partial charge on any atom is 0.134 e. The van der Waals surface area contributed by atoms with Crippen LogP contribution in [-0.4, -0.2) is 21.5 Å². The zero-order valence-electron chi connectivity index (χ0n) is 13.3. The van der Waals surface area contributed by atoms with E-state index < -0.39 is 0 Å². The Morgan fingerprint density at radius 3 is 2.38 bits per heavy atom. The van der Waals surface area contributed by atoms with Crippen molar-refractivity contribution in [1.29, 1.82) is 0 Å². The molecule has 2 aromatic rings. The number of anilines is 1. The summed E-state index contributed by atoms with van der Waals surface area (Å²) in [6.07, 6.45) is 0. The summed E-state index contributed by atoms with van der Waals surface area (Å²) in [7, 11) is 0. The monoisotopic (exact) mass is 302 g/mol. The van der Waals surface area contributed by atoms with Crippen LogP contribution in [0.2, 0.25) is 0 Å². The minimum Gasteiger partial charge on any atom is -0.370 e. The van der Waals surface area contributed by atoms with E-state index in [2.05, 4.69) is 60.1 Å². The van der Waals surface area contributed by atoms with Crippen molar-refractivity contribution in [2.45, 2.75) is 50.6 Å². The number of nitrogens with zero attached hydrogens (tertiary/aromatic N) is 3. The molecule has 0 saturated carbocycles. The first-order valence-electron chi connectivity index (χ1n) is 7.24. The molecule has 0 aliphatic heterocycles. The quantitative estimate of drug-likeness (QED) is 0.839. The Morgan fingerprint density at radius 2 is 1.76 bits per heavy atom. The average Bonchev–Trinajstić information content (AvgIpc) is 2.37. The molecule has 0 saturated heterocycles. The molecule has 1 N–H and O–H groups in total. The molecule has 0 aromatic carbocycles. The SMILES string of the molecule is CCNc1cc(Sc2cc(C)cc(C)n2)nc(C(C)C)n1. The predicted octanol–water partition coefficient (Wildman–Crippen LogP) is 4.19. The van der Waals surface area contributed by atoms with E-state index in [4.69, 9.17) is 0 Å². The highest BCUT2D eigenvalue weighted by Crippen LogP contribution is 2.28. The van der Waals surface area contributed by atoms with E-state index in [-0.39, 0.29) is 0 Å². The van der Waals surface area contributed by atoms with E-state index in [9.17, 15) is 0 Å². The van der Waals surface area contributed by atoms with E-state index in [1.165, 1.54) is 5.56 Å². The molecule has 0 spiro atoms. The molecule has 0 aliphatic rings. The van der Waals surface area contributed by atoms with Gasteiger partial charge in [-0.25, -0.2) is 15.0 Å². The van der Waals surface area contributed by atoms with Gasteiger partial charge in [0.1, 0.15) is 21.7 Å². The molecule has 2 aromatic heterocycles. The molecule has 0 bridgehead atoms. The van der Waals surface area contributed by atoms with Gasteiger partial charge in [0, 0.05) is 24.2 Å². The Bertz CT molecular complexity index is 605. The summed E-state index contributed by atoms with van der Waals surface area (Å²) in [5.41, 5.74) is 2.25. The van der Waals surface area contributed by atoms with E-state index in [0.29, 0.717) is 5.92 Å². The Balaban J connectivity index is 2.33. The van der Waals surface area contributed by atoms with Crippen molar-refractivity contribution in [3.8, 4) is 0 Å². The molecule has 0 unspecified atom stereocenters. The lowest BCUT2D eigenvalue weighted by Gasteiger charge is -2.10. The lowest BCUT2D eigenvalue weighted by atomic mass is 10.2. The standard InChI is InChI=1S/C16H22N4S/c1-6-17-13-9-15(20-16(19-13)10(2)3)21-14-8-11(4)7-12(5)18-14/h7-10H,6H2,1-5H3,(H,17,19,20). The van der Waals surface area contributed by atoms with Crippen LogP contribution in [-0.2, 0) is 0 Å². The van der Waals surface area contributed by atoms with Gasteiger partial charge in [-0.15, -0.1) is 0 Å². The zero-order chi connectivity index (χ0) is 15.4. The van der Waals surface area contributed by atoms with E-state index >= 15 is 0 Å². The van der Waals surface area contributed by atoms with Crippen molar-refractivity contribution >= 4 is 17.6 Å². The highest BCUT2D eigenvalue weighted by Gasteiger charge is 2.10. The number of hydrogen-bond acceptors (Lipinski definition) is 5. The minimum atomic E-state index is 0.301. The Morgan fingerprint density at radius 1 is 1.05 bits per heavy atom. The van der Waals surface area contributed by atoms with E-state index in [1.54, 1.807) is 11.8 Å². The lowest BCUT2D eigenvalue weighted by Crippen LogP contribution is -2.05. The van der Waals surface area contributed by atoms with Crippen LogP contribution >= 0.6 is 11.8 Å². The predicted molar refractivity (Wildman–Crippen MR) is 88.1 cm³/mol. The van der Waals surface area contributed by atoms with Crippen molar-refractivity contribution < 1.29 is 0 Å². The van der Waals surface area contributed by atoms with Crippen molar-refractivity contribution in [2.24, 2.45) is 0 Å². The molecular weight excluding hydrogens is 280 g/mol. The van der Waals surface area contributed by atoms with Gasteiger partial charge in [-0.3, -0.25) is 0 Å². The highest BCUT2D eigenvalue weighted by atomic mass is 32.2. The molecule has 0 radical (unpaired) electrons. The molecule has 0 aliphatic carbocycles. The maximum absolute atomic E-state index is 4.64. The minimum absolute atomic E-state index is 0.301. The number of pyridine rings is 1. The van der Waals surface area contributed by atoms with Gasteiger partial charge < -0.3 is 5.32 Å². The second-order valence-electron chi connectivity index (χ2n) is 5.36. The van der Waals surface area contributed by atoms with Crippen LogP contribution in [0.25, 0.3) is 0 Å². The van der Waals surface area contributed by atoms with Crippen LogP contribution in [0.5, 0.6) is 0 Å². The smallest absolute Gasteiger partial charge is 0.134 e. The number of hydrogen-bond donors (Lipinski definition) is 1. The van der Waals surface area contributed by atoms with E-state index in [1.807, 2.05) is 13.0 Å². The first-order chi connectivity index (χ1) is 9.97. The second kappa shape index (κ2) is 6.89. The van der Waals surface area contributed by atoms with Gasteiger partial charge in [0.05, 0.1) is 0 Å². The third kappa shape index (κ3) is 4.43. The summed E-state index contributed by atoms with van der Waals surface area (Å²) in [6.45, 7) is 11.2. The first kappa shape index (κ1) is 15.8. The maximum atomic E-state index is 4.64. The number of nitrogens with one attached hydrogen (secondary N) is 1. The molecule has 2 heterocycles. The topological polar surface area (TPSA) is 50.7 Å². The molecule has 4 nitrogen and oxygen atoms in total. The van der Waals surface area contributed by atoms with Gasteiger partial charge in [0.15, 0.2) is 0 Å². The Kier molecular flexibility index (Phi) is 5.17. The van der Waals surface area contributed by atoms with Gasteiger partial charge in [-0.1, -0.05) is 13.8 Å². The Labute approximate surface area is 130 Å². The van der Waals surface area contributed by atoms with Crippen LogP contribution in [0.4, 0.5) is 5.82 Å². The van der Waals surface area contributed by atoms with Crippen molar-refractivity contribution in [1.82, 2.24) is 15.0 Å². The summed E-state index contributed by atoms with van der Waals surface area (Å²) in [4.78, 5) is 13.7. The van der Waals surface area contributed by atoms with Crippen molar-refractivity contribution in [2.75, 3.05) is 11.9 Å². The highest BCUT2D eigenvalue weighted by molar-refractivity contribution is 7.99. The molecular formula is C16H22N4S. The van der Waals surface area contributed by atoms with Crippen LogP contribution < -0.4 is 5.32 Å². The van der Waals surface area contributed by atoms with Crippen LogP contribution in [0.1, 0.15) is 43.8 Å². The van der Waals surface area contributed by atoms with Crippen molar-refractivity contribution in [3.63, 3.8) is 0 Å². The van der Waals surface area contributed by atoms with Gasteiger partial charge >= 0.3 is 0 Å². The summed E-state index contributed by atoms with van der Waals surface area (Å²) in [6, 6.07) is 6.15. The summed E-state index contributed by atoms with van der Waals surface area (Å²) in [5, 5.41) is 5.17. The number of aromatic nitrogens is 3. The molecule has 21 heavy (non-hydrogen) atoms. The van der Waals surface area contributed by atoms with Gasteiger partial charge in [-0.05, 0) is 50.2 Å². The fourth-order valence-electron chi connectivity index (χ4n) is 1.99. The van der Waals surface area contributed by atoms with Crippen LogP contribution in [0, 0.1) is 13.8 Å². The first-order valence-corrected chi connectivity index (χ1v) is 8.05. The van der Waals surface area contributed by atoms with Gasteiger partial charge in [0.2, 0.25) is 0 Å². The molecule has 0 fully saturated rings. The molecule has 0 amide bonds. The average molecular weight is 302 g/mol. The number of aryl methyl sites for hydroxylation is 2. The van der Waals surface area contributed by atoms with Gasteiger partial charge in [0.25, 0.3) is 0 Å². The summed E-state index contributed by atoms with van der Waals surface area (Å²) >= 11 is 1.59. The summed E-state index contributed by atoms with van der Waals surface area (Å²) < 4.78 is 0. The third-order valence-electron chi connectivity index (χ3n) is 2.88. The molecule has 2 rings (SSSR count). The molecule has 112 valence electrons. The summed E-state index contributed by atoms with van der Waals surface area (Å²) in [5.74, 6) is 2.04. The second-order valence-corrected chi connectivity index (χ2v) is 6.40. The Hall–Kier alpha value is -1.62. The fourth-order valence-corrected chi connectivity index (χ4v) is 2.95. The van der Waals surface area contributed by atoms with E-state index in [0.717, 1.165) is 33.9 Å². The normalized spacial score (nSPS) is 11.0. The third-order valence-corrected chi connectivity index (χ3v) is 3.71. The van der Waals surface area contributed by atoms with Crippen molar-refractivity contribution in [3.05, 3.63) is 35.3 Å².